The van der Waals surface area contributed by atoms with Gasteiger partial charge in [-0.3, -0.25) is 4.98 Å². The second-order valence-electron chi connectivity index (χ2n) is 5.96. The van der Waals surface area contributed by atoms with Crippen molar-refractivity contribution in [2.24, 2.45) is 5.73 Å². The molecule has 0 saturated carbocycles. The second-order valence-corrected chi connectivity index (χ2v) is 7.87. The van der Waals surface area contributed by atoms with Crippen molar-refractivity contribution >= 4 is 20.8 Å². The summed E-state index contributed by atoms with van der Waals surface area (Å²) >= 11 is 0. The number of fused-ring (bicyclic) bond motifs is 1. The molecule has 0 spiro atoms. The van der Waals surface area contributed by atoms with Crippen LogP contribution in [0.1, 0.15) is 39.0 Å². The minimum Gasteiger partial charge on any atom is -0.330 e. The Labute approximate surface area is 144 Å². The molecule has 2 rings (SSSR count). The maximum Gasteiger partial charge on any atom is 0.243 e. The Morgan fingerprint density at radius 1 is 1.08 bits per heavy atom. The molecular weight excluding hydrogens is 322 g/mol. The van der Waals surface area contributed by atoms with Crippen LogP contribution in [-0.4, -0.2) is 37.3 Å². The molecule has 6 heteroatoms. The van der Waals surface area contributed by atoms with Crippen molar-refractivity contribution in [2.45, 2.75) is 43.9 Å². The van der Waals surface area contributed by atoms with Crippen molar-refractivity contribution in [3.63, 3.8) is 0 Å². The van der Waals surface area contributed by atoms with Crippen LogP contribution < -0.4 is 5.73 Å². The number of unbranched alkanes of at least 4 members (excludes halogenated alkanes) is 3. The Morgan fingerprint density at radius 2 is 1.88 bits per heavy atom. The summed E-state index contributed by atoms with van der Waals surface area (Å²) in [4.78, 5) is 4.45. The van der Waals surface area contributed by atoms with E-state index in [1.165, 1.54) is 0 Å². The van der Waals surface area contributed by atoms with E-state index in [2.05, 4.69) is 4.98 Å². The first-order valence-electron chi connectivity index (χ1n) is 8.64. The number of nitrogens with zero attached hydrogens (tertiary/aromatic N) is 2. The fourth-order valence-corrected chi connectivity index (χ4v) is 4.63. The Balaban J connectivity index is 2.23. The molecule has 0 atom stereocenters. The molecule has 0 saturated heterocycles. The molecular formula is C18H27N3O2S. The Hall–Kier alpha value is -1.50. The lowest BCUT2D eigenvalue weighted by molar-refractivity contribution is 0.397. The third-order valence-corrected chi connectivity index (χ3v) is 6.05. The van der Waals surface area contributed by atoms with Crippen LogP contribution in [0.15, 0.2) is 41.6 Å². The molecule has 0 unspecified atom stereocenters. The lowest BCUT2D eigenvalue weighted by Crippen LogP contribution is -2.33. The summed E-state index contributed by atoms with van der Waals surface area (Å²) in [6.07, 6.45) is 8.06. The molecule has 5 nitrogen and oxygen atoms in total. The monoisotopic (exact) mass is 349 g/mol. The van der Waals surface area contributed by atoms with Crippen LogP contribution in [0.25, 0.3) is 10.8 Å². The van der Waals surface area contributed by atoms with Gasteiger partial charge in [0.15, 0.2) is 0 Å². The number of hydrogen-bond acceptors (Lipinski definition) is 4. The maximum absolute atomic E-state index is 13.1. The highest BCUT2D eigenvalue weighted by atomic mass is 32.2. The van der Waals surface area contributed by atoms with Gasteiger partial charge in [0.2, 0.25) is 10.0 Å². The van der Waals surface area contributed by atoms with E-state index in [-0.39, 0.29) is 0 Å². The van der Waals surface area contributed by atoms with E-state index in [4.69, 9.17) is 5.73 Å². The minimum atomic E-state index is -3.50. The zero-order valence-corrected chi connectivity index (χ0v) is 15.1. The summed E-state index contributed by atoms with van der Waals surface area (Å²) in [5.41, 5.74) is 5.50. The number of aromatic nitrogens is 1. The number of benzene rings is 1. The molecule has 0 aliphatic rings. The van der Waals surface area contributed by atoms with Crippen molar-refractivity contribution in [2.75, 3.05) is 19.6 Å². The van der Waals surface area contributed by atoms with Crippen molar-refractivity contribution in [1.82, 2.24) is 9.29 Å². The molecule has 1 heterocycles. The molecule has 0 aliphatic heterocycles. The third kappa shape index (κ3) is 4.53. The zero-order valence-electron chi connectivity index (χ0n) is 14.3. The fourth-order valence-electron chi connectivity index (χ4n) is 2.84. The van der Waals surface area contributed by atoms with Crippen LogP contribution in [0.3, 0.4) is 0 Å². The maximum atomic E-state index is 13.1. The SMILES string of the molecule is CCCN(CCCCCCN)S(=O)(=O)c1cccc2cnccc12. The van der Waals surface area contributed by atoms with E-state index in [9.17, 15) is 8.42 Å². The first-order chi connectivity index (χ1) is 11.6. The number of pyridine rings is 1. The zero-order chi connectivity index (χ0) is 17.4. The van der Waals surface area contributed by atoms with Gasteiger partial charge in [-0.1, -0.05) is 31.9 Å². The number of hydrogen-bond donors (Lipinski definition) is 1. The topological polar surface area (TPSA) is 76.3 Å². The highest BCUT2D eigenvalue weighted by Crippen LogP contribution is 2.25. The standard InChI is InChI=1S/C18H27N3O2S/c1-2-13-21(14-6-4-3-5-11-19)24(22,23)18-9-7-8-16-15-20-12-10-17(16)18/h7-10,12,15H,2-6,11,13-14,19H2,1H3. The molecule has 24 heavy (non-hydrogen) atoms. The molecule has 0 fully saturated rings. The van der Waals surface area contributed by atoms with Gasteiger partial charge < -0.3 is 5.73 Å². The third-order valence-electron chi connectivity index (χ3n) is 4.09. The quantitative estimate of drug-likeness (QED) is 0.669. The Bertz CT molecular complexity index is 742. The Morgan fingerprint density at radius 3 is 2.62 bits per heavy atom. The van der Waals surface area contributed by atoms with Crippen LogP contribution >= 0.6 is 0 Å². The predicted octanol–water partition coefficient (Wildman–Crippen LogP) is 3.15. The lowest BCUT2D eigenvalue weighted by Gasteiger charge is -2.22. The summed E-state index contributed by atoms with van der Waals surface area (Å²) < 4.78 is 27.9. The smallest absolute Gasteiger partial charge is 0.243 e. The van der Waals surface area contributed by atoms with Gasteiger partial charge >= 0.3 is 0 Å². The van der Waals surface area contributed by atoms with Crippen LogP contribution in [0, 0.1) is 0 Å². The van der Waals surface area contributed by atoms with E-state index >= 15 is 0 Å². The fraction of sp³-hybridized carbons (Fsp3) is 0.500. The van der Waals surface area contributed by atoms with Crippen molar-refractivity contribution < 1.29 is 8.42 Å². The number of nitrogens with two attached hydrogens (primary N) is 1. The summed E-state index contributed by atoms with van der Waals surface area (Å²) in [7, 11) is -3.50. The van der Waals surface area contributed by atoms with Gasteiger partial charge in [-0.25, -0.2) is 8.42 Å². The summed E-state index contributed by atoms with van der Waals surface area (Å²) in [5, 5.41) is 1.58. The van der Waals surface area contributed by atoms with E-state index in [1.54, 1.807) is 34.9 Å². The molecule has 132 valence electrons. The average Bonchev–Trinajstić information content (AvgIpc) is 2.60. The van der Waals surface area contributed by atoms with Gasteiger partial charge in [0.25, 0.3) is 0 Å². The first kappa shape index (κ1) is 18.8. The summed E-state index contributed by atoms with van der Waals surface area (Å²) in [6.45, 7) is 3.80. The lowest BCUT2D eigenvalue weighted by atomic mass is 10.2. The van der Waals surface area contributed by atoms with Crippen molar-refractivity contribution in [1.29, 1.82) is 0 Å². The van der Waals surface area contributed by atoms with E-state index in [0.717, 1.165) is 42.9 Å². The number of rotatable bonds is 10. The molecule has 0 bridgehead atoms. The second kappa shape index (κ2) is 9.11. The van der Waals surface area contributed by atoms with E-state index in [0.29, 0.717) is 24.5 Å². The molecule has 0 aliphatic carbocycles. The highest BCUT2D eigenvalue weighted by Gasteiger charge is 2.25. The molecule has 2 N–H and O–H groups in total. The van der Waals surface area contributed by atoms with E-state index in [1.807, 2.05) is 13.0 Å². The van der Waals surface area contributed by atoms with E-state index < -0.39 is 10.0 Å². The van der Waals surface area contributed by atoms with Crippen molar-refractivity contribution in [3.8, 4) is 0 Å². The average molecular weight is 350 g/mol. The Kier molecular flexibility index (Phi) is 7.15. The molecule has 1 aromatic heterocycles. The molecule has 0 radical (unpaired) electrons. The minimum absolute atomic E-state index is 0.373. The van der Waals surface area contributed by atoms with Crippen LogP contribution in [0.2, 0.25) is 0 Å². The van der Waals surface area contributed by atoms with Gasteiger partial charge in [0.05, 0.1) is 4.90 Å². The van der Waals surface area contributed by atoms with Crippen molar-refractivity contribution in [3.05, 3.63) is 36.7 Å². The normalized spacial score (nSPS) is 12.1. The molecule has 1 aromatic carbocycles. The predicted molar refractivity (Wildman–Crippen MR) is 98.3 cm³/mol. The van der Waals surface area contributed by atoms with Gasteiger partial charge in [0.1, 0.15) is 0 Å². The van der Waals surface area contributed by atoms with Crippen LogP contribution in [0.4, 0.5) is 0 Å². The van der Waals surface area contributed by atoms with Crippen LogP contribution in [0.5, 0.6) is 0 Å². The molecule has 0 amide bonds. The summed E-state index contributed by atoms with van der Waals surface area (Å²) in [6, 6.07) is 7.13. The van der Waals surface area contributed by atoms with Gasteiger partial charge in [-0.15, -0.1) is 0 Å². The largest absolute Gasteiger partial charge is 0.330 e. The highest BCUT2D eigenvalue weighted by molar-refractivity contribution is 7.89. The van der Waals surface area contributed by atoms with Crippen LogP contribution in [-0.2, 0) is 10.0 Å². The van der Waals surface area contributed by atoms with Gasteiger partial charge in [-0.05, 0) is 37.9 Å². The first-order valence-corrected chi connectivity index (χ1v) is 10.1. The summed E-state index contributed by atoms with van der Waals surface area (Å²) in [5.74, 6) is 0. The number of sulfonamides is 1. The van der Waals surface area contributed by atoms with Gasteiger partial charge in [-0.2, -0.15) is 4.31 Å². The van der Waals surface area contributed by atoms with Gasteiger partial charge in [0, 0.05) is 36.3 Å². The molecule has 2 aromatic rings.